The van der Waals surface area contributed by atoms with Gasteiger partial charge < -0.3 is 0 Å². The highest BCUT2D eigenvalue weighted by Crippen LogP contribution is 2.48. The van der Waals surface area contributed by atoms with Crippen molar-refractivity contribution in [2.45, 2.75) is 25.2 Å². The van der Waals surface area contributed by atoms with Gasteiger partial charge >= 0.3 is 0 Å². The van der Waals surface area contributed by atoms with Crippen molar-refractivity contribution in [1.29, 1.82) is 0 Å². The van der Waals surface area contributed by atoms with Crippen LogP contribution < -0.4 is 0 Å². The van der Waals surface area contributed by atoms with Crippen molar-refractivity contribution in [2.75, 3.05) is 0 Å². The lowest BCUT2D eigenvalue weighted by molar-refractivity contribution is 0.631. The van der Waals surface area contributed by atoms with Gasteiger partial charge in [0.1, 0.15) is 5.82 Å². The normalized spacial score (nSPS) is 16.6. The number of hydrogen-bond donors (Lipinski definition) is 0. The lowest BCUT2D eigenvalue weighted by Crippen LogP contribution is -1.99. The minimum absolute atomic E-state index is 0.170. The minimum atomic E-state index is -0.170. The molecule has 0 aliphatic heterocycles. The van der Waals surface area contributed by atoms with Gasteiger partial charge in [-0.3, -0.25) is 0 Å². The van der Waals surface area contributed by atoms with Gasteiger partial charge in [0.2, 0.25) is 0 Å². The van der Waals surface area contributed by atoms with E-state index in [1.54, 1.807) is 6.07 Å². The quantitative estimate of drug-likeness (QED) is 0.705. The summed E-state index contributed by atoms with van der Waals surface area (Å²) in [7, 11) is 0. The highest BCUT2D eigenvalue weighted by Gasteiger charge is 2.38. The fraction of sp³-hybridized carbons (Fsp3) is 0.250. The first-order valence-electron chi connectivity index (χ1n) is 6.14. The predicted molar refractivity (Wildman–Crippen MR) is 76.1 cm³/mol. The Balaban J connectivity index is 2.09. The third kappa shape index (κ3) is 2.10. The lowest BCUT2D eigenvalue weighted by atomic mass is 9.94. The molecular weight excluding hydrogens is 291 g/mol. The van der Waals surface area contributed by atoms with E-state index in [2.05, 4.69) is 35.0 Å². The second-order valence-electron chi connectivity index (χ2n) is 5.27. The molecule has 2 aromatic rings. The first kappa shape index (κ1) is 11.9. The van der Waals surface area contributed by atoms with E-state index in [1.807, 2.05) is 18.2 Å². The van der Waals surface area contributed by atoms with Crippen molar-refractivity contribution in [1.82, 2.24) is 0 Å². The maximum Gasteiger partial charge on any atom is 0.131 e. The molecule has 1 aliphatic carbocycles. The molecule has 3 rings (SSSR count). The molecule has 0 heterocycles. The summed E-state index contributed by atoms with van der Waals surface area (Å²) in [4.78, 5) is 0. The molecular formula is C16H14BrF. The Labute approximate surface area is 115 Å². The molecule has 0 amide bonds. The molecule has 2 heteroatoms. The van der Waals surface area contributed by atoms with Gasteiger partial charge in [0, 0.05) is 10.0 Å². The number of benzene rings is 2. The molecule has 0 unspecified atom stereocenters. The second kappa shape index (κ2) is 4.20. The lowest BCUT2D eigenvalue weighted by Gasteiger charge is -2.11. The van der Waals surface area contributed by atoms with Gasteiger partial charge in [0.05, 0.1) is 0 Å². The molecule has 0 atom stereocenters. The van der Waals surface area contributed by atoms with Gasteiger partial charge in [-0.2, -0.15) is 0 Å². The zero-order valence-corrected chi connectivity index (χ0v) is 11.8. The maximum absolute atomic E-state index is 13.9. The smallest absolute Gasteiger partial charge is 0.131 e. The topological polar surface area (TPSA) is 0 Å². The fourth-order valence-electron chi connectivity index (χ4n) is 2.26. The third-order valence-electron chi connectivity index (χ3n) is 3.80. The van der Waals surface area contributed by atoms with E-state index in [9.17, 15) is 4.39 Å². The standard InChI is InChI=1S/C16H14BrF/c1-16(7-8-16)12-4-2-3-11(9-12)14-10-13(17)5-6-15(14)18/h2-6,9-10H,7-8H2,1H3. The Morgan fingerprint density at radius 3 is 2.61 bits per heavy atom. The summed E-state index contributed by atoms with van der Waals surface area (Å²) in [5, 5.41) is 0. The summed E-state index contributed by atoms with van der Waals surface area (Å²) in [5.41, 5.74) is 3.26. The van der Waals surface area contributed by atoms with Crippen molar-refractivity contribution in [3.8, 4) is 11.1 Å². The van der Waals surface area contributed by atoms with Crippen LogP contribution >= 0.6 is 15.9 Å². The molecule has 2 aromatic carbocycles. The van der Waals surface area contributed by atoms with Crippen LogP contribution in [-0.4, -0.2) is 0 Å². The van der Waals surface area contributed by atoms with Crippen LogP contribution in [0.3, 0.4) is 0 Å². The van der Waals surface area contributed by atoms with E-state index in [1.165, 1.54) is 24.5 Å². The van der Waals surface area contributed by atoms with Crippen molar-refractivity contribution in [3.63, 3.8) is 0 Å². The zero-order valence-electron chi connectivity index (χ0n) is 10.2. The van der Waals surface area contributed by atoms with Gasteiger partial charge in [-0.05, 0) is 47.6 Å². The van der Waals surface area contributed by atoms with Crippen LogP contribution in [0.5, 0.6) is 0 Å². The highest BCUT2D eigenvalue weighted by atomic mass is 79.9. The summed E-state index contributed by atoms with van der Waals surface area (Å²) in [6.45, 7) is 2.27. The van der Waals surface area contributed by atoms with E-state index < -0.39 is 0 Å². The van der Waals surface area contributed by atoms with Crippen LogP contribution in [0.4, 0.5) is 4.39 Å². The zero-order chi connectivity index (χ0) is 12.8. The molecule has 0 bridgehead atoms. The summed E-state index contributed by atoms with van der Waals surface area (Å²) < 4.78 is 14.8. The van der Waals surface area contributed by atoms with Gasteiger partial charge in [0.25, 0.3) is 0 Å². The molecule has 0 spiro atoms. The Kier molecular flexibility index (Phi) is 2.78. The van der Waals surface area contributed by atoms with Crippen molar-refractivity contribution < 1.29 is 4.39 Å². The van der Waals surface area contributed by atoms with Crippen molar-refractivity contribution >= 4 is 15.9 Å². The molecule has 92 valence electrons. The van der Waals surface area contributed by atoms with E-state index in [0.717, 1.165) is 10.0 Å². The Bertz CT molecular complexity index is 600. The molecule has 0 radical (unpaired) electrons. The Morgan fingerprint density at radius 2 is 1.89 bits per heavy atom. The first-order valence-corrected chi connectivity index (χ1v) is 6.94. The van der Waals surface area contributed by atoms with Gasteiger partial charge in [-0.15, -0.1) is 0 Å². The van der Waals surface area contributed by atoms with Gasteiger partial charge in [0.15, 0.2) is 0 Å². The summed E-state index contributed by atoms with van der Waals surface area (Å²) in [5.74, 6) is -0.170. The van der Waals surface area contributed by atoms with Crippen molar-refractivity contribution in [2.24, 2.45) is 0 Å². The minimum Gasteiger partial charge on any atom is -0.206 e. The predicted octanol–water partition coefficient (Wildman–Crippen LogP) is 5.31. The Hall–Kier alpha value is -1.15. The van der Waals surface area contributed by atoms with Crippen molar-refractivity contribution in [3.05, 3.63) is 58.3 Å². The molecule has 18 heavy (non-hydrogen) atoms. The van der Waals surface area contributed by atoms with E-state index in [0.29, 0.717) is 11.0 Å². The molecule has 1 aliphatic rings. The second-order valence-corrected chi connectivity index (χ2v) is 6.18. The molecule has 1 fully saturated rings. The van der Waals surface area contributed by atoms with Gasteiger partial charge in [-0.1, -0.05) is 47.1 Å². The summed E-state index contributed by atoms with van der Waals surface area (Å²) >= 11 is 3.40. The molecule has 0 saturated heterocycles. The SMILES string of the molecule is CC1(c2cccc(-c3cc(Br)ccc3F)c2)CC1. The van der Waals surface area contributed by atoms with E-state index in [4.69, 9.17) is 0 Å². The summed E-state index contributed by atoms with van der Waals surface area (Å²) in [6.07, 6.45) is 2.47. The highest BCUT2D eigenvalue weighted by molar-refractivity contribution is 9.10. The van der Waals surface area contributed by atoms with Crippen LogP contribution in [0.15, 0.2) is 46.9 Å². The number of hydrogen-bond acceptors (Lipinski definition) is 0. The molecule has 0 aromatic heterocycles. The van der Waals surface area contributed by atoms with Crippen LogP contribution in [0, 0.1) is 5.82 Å². The summed E-state index contributed by atoms with van der Waals surface area (Å²) in [6, 6.07) is 13.3. The average Bonchev–Trinajstić information content (AvgIpc) is 3.12. The average molecular weight is 305 g/mol. The van der Waals surface area contributed by atoms with E-state index in [-0.39, 0.29) is 5.82 Å². The van der Waals surface area contributed by atoms with Crippen LogP contribution in [-0.2, 0) is 5.41 Å². The van der Waals surface area contributed by atoms with Gasteiger partial charge in [-0.25, -0.2) is 4.39 Å². The van der Waals surface area contributed by atoms with Crippen LogP contribution in [0.25, 0.3) is 11.1 Å². The molecule has 0 nitrogen and oxygen atoms in total. The molecule has 1 saturated carbocycles. The first-order chi connectivity index (χ1) is 8.58. The monoisotopic (exact) mass is 304 g/mol. The van der Waals surface area contributed by atoms with E-state index >= 15 is 0 Å². The number of rotatable bonds is 2. The van der Waals surface area contributed by atoms with Crippen LogP contribution in [0.1, 0.15) is 25.3 Å². The molecule has 0 N–H and O–H groups in total. The maximum atomic E-state index is 13.9. The number of halogens is 2. The Morgan fingerprint density at radius 1 is 1.11 bits per heavy atom. The largest absolute Gasteiger partial charge is 0.206 e. The third-order valence-corrected chi connectivity index (χ3v) is 4.29. The van der Waals surface area contributed by atoms with Crippen LogP contribution in [0.2, 0.25) is 0 Å². The fourth-order valence-corrected chi connectivity index (χ4v) is 2.62.